The fraction of sp³-hybridized carbons (Fsp3) is 0.429. The van der Waals surface area contributed by atoms with Gasteiger partial charge in [0.25, 0.3) is 0 Å². The highest BCUT2D eigenvalue weighted by molar-refractivity contribution is 5.79. The van der Waals surface area contributed by atoms with Gasteiger partial charge in [-0.1, -0.05) is 36.8 Å². The standard InChI is InChI=1S/C14H19N3O2/c18-12-17(16-9-5-2-6-10-16)15-14(19)11-13-7-3-1-4-8-13/h1,3-4,7-8,12H,2,5-6,9-11H2,(H,15,19). The number of piperidine rings is 1. The quantitative estimate of drug-likeness (QED) is 0.638. The van der Waals surface area contributed by atoms with Crippen LogP contribution in [0.1, 0.15) is 24.8 Å². The summed E-state index contributed by atoms with van der Waals surface area (Å²) in [5.41, 5.74) is 3.57. The molecule has 0 radical (unpaired) electrons. The van der Waals surface area contributed by atoms with Crippen molar-refractivity contribution in [1.29, 1.82) is 0 Å². The van der Waals surface area contributed by atoms with Crippen molar-refractivity contribution in [2.45, 2.75) is 25.7 Å². The number of hydrazine groups is 2. The predicted molar refractivity (Wildman–Crippen MR) is 71.6 cm³/mol. The van der Waals surface area contributed by atoms with Gasteiger partial charge in [0.2, 0.25) is 12.3 Å². The van der Waals surface area contributed by atoms with E-state index in [1.165, 1.54) is 11.5 Å². The lowest BCUT2D eigenvalue weighted by Crippen LogP contribution is -2.54. The minimum atomic E-state index is -0.177. The van der Waals surface area contributed by atoms with Gasteiger partial charge in [0.1, 0.15) is 0 Å². The first kappa shape index (κ1) is 13.5. The summed E-state index contributed by atoms with van der Waals surface area (Å²) in [5.74, 6) is -0.177. The number of nitrogens with zero attached hydrogens (tertiary/aromatic N) is 2. The molecule has 1 aliphatic heterocycles. The molecule has 1 N–H and O–H groups in total. The molecule has 1 aliphatic rings. The molecule has 1 fully saturated rings. The number of benzene rings is 1. The van der Waals surface area contributed by atoms with Crippen molar-refractivity contribution >= 4 is 12.3 Å². The van der Waals surface area contributed by atoms with Crippen LogP contribution in [0.2, 0.25) is 0 Å². The summed E-state index contributed by atoms with van der Waals surface area (Å²) in [4.78, 5) is 22.9. The lowest BCUT2D eigenvalue weighted by atomic mass is 10.1. The maximum absolute atomic E-state index is 11.9. The van der Waals surface area contributed by atoms with Crippen LogP contribution in [0.3, 0.4) is 0 Å². The first-order chi connectivity index (χ1) is 9.29. The summed E-state index contributed by atoms with van der Waals surface area (Å²) in [6, 6.07) is 9.49. The number of rotatable bonds is 5. The third kappa shape index (κ3) is 4.06. The van der Waals surface area contributed by atoms with Gasteiger partial charge >= 0.3 is 0 Å². The monoisotopic (exact) mass is 261 g/mol. The average Bonchev–Trinajstić information content (AvgIpc) is 2.47. The molecule has 5 nitrogen and oxygen atoms in total. The summed E-state index contributed by atoms with van der Waals surface area (Å²) in [6.45, 7) is 1.62. The first-order valence-corrected chi connectivity index (χ1v) is 6.62. The van der Waals surface area contributed by atoms with E-state index in [0.717, 1.165) is 31.5 Å². The van der Waals surface area contributed by atoms with Crippen LogP contribution in [0.4, 0.5) is 0 Å². The third-order valence-electron chi connectivity index (χ3n) is 3.18. The number of hydrogen-bond acceptors (Lipinski definition) is 3. The summed E-state index contributed by atoms with van der Waals surface area (Å²) in [6.07, 6.45) is 4.23. The smallest absolute Gasteiger partial charge is 0.244 e. The Bertz CT molecular complexity index is 416. The Morgan fingerprint density at radius 1 is 1.21 bits per heavy atom. The van der Waals surface area contributed by atoms with Crippen molar-refractivity contribution < 1.29 is 9.59 Å². The van der Waals surface area contributed by atoms with E-state index in [-0.39, 0.29) is 12.3 Å². The maximum Gasteiger partial charge on any atom is 0.244 e. The second kappa shape index (κ2) is 6.89. The molecule has 0 bridgehead atoms. The molecule has 19 heavy (non-hydrogen) atoms. The summed E-state index contributed by atoms with van der Waals surface area (Å²) in [5, 5.41) is 3.16. The van der Waals surface area contributed by atoms with E-state index in [1.807, 2.05) is 35.3 Å². The van der Waals surface area contributed by atoms with Crippen molar-refractivity contribution in [3.05, 3.63) is 35.9 Å². The fourth-order valence-corrected chi connectivity index (χ4v) is 2.20. The Labute approximate surface area is 113 Å². The third-order valence-corrected chi connectivity index (χ3v) is 3.18. The molecular formula is C14H19N3O2. The summed E-state index contributed by atoms with van der Waals surface area (Å²) < 4.78 is 0. The SMILES string of the molecule is O=CN(NC(=O)Cc1ccccc1)N1CCCCC1. The zero-order valence-electron chi connectivity index (χ0n) is 10.9. The number of amides is 2. The summed E-state index contributed by atoms with van der Waals surface area (Å²) in [7, 11) is 0. The van der Waals surface area contributed by atoms with Gasteiger partial charge in [-0.2, -0.15) is 10.1 Å². The molecule has 1 aromatic rings. The molecule has 2 rings (SSSR count). The van der Waals surface area contributed by atoms with Gasteiger partial charge in [-0.15, -0.1) is 0 Å². The minimum absolute atomic E-state index is 0.177. The zero-order valence-corrected chi connectivity index (χ0v) is 10.9. The molecule has 1 saturated heterocycles. The molecule has 1 heterocycles. The molecule has 5 heteroatoms. The van der Waals surface area contributed by atoms with E-state index in [1.54, 1.807) is 0 Å². The van der Waals surface area contributed by atoms with Crippen LogP contribution in [-0.2, 0) is 16.0 Å². The Hall–Kier alpha value is -1.88. The van der Waals surface area contributed by atoms with E-state index >= 15 is 0 Å². The average molecular weight is 261 g/mol. The number of carbonyl (C=O) groups excluding carboxylic acids is 2. The van der Waals surface area contributed by atoms with Crippen LogP contribution in [0, 0.1) is 0 Å². The van der Waals surface area contributed by atoms with E-state index in [4.69, 9.17) is 0 Å². The molecule has 102 valence electrons. The molecule has 2 amide bonds. The zero-order chi connectivity index (χ0) is 13.5. The van der Waals surface area contributed by atoms with E-state index in [9.17, 15) is 9.59 Å². The van der Waals surface area contributed by atoms with Crippen molar-refractivity contribution in [1.82, 2.24) is 15.6 Å². The van der Waals surface area contributed by atoms with Crippen molar-refractivity contribution in [2.24, 2.45) is 0 Å². The molecule has 0 spiro atoms. The largest absolute Gasteiger partial charge is 0.275 e. The number of carbonyl (C=O) groups is 2. The van der Waals surface area contributed by atoms with Gasteiger partial charge in [0, 0.05) is 13.1 Å². The minimum Gasteiger partial charge on any atom is -0.275 e. The molecule has 0 aliphatic carbocycles. The van der Waals surface area contributed by atoms with Crippen LogP contribution >= 0.6 is 0 Å². The Kier molecular flexibility index (Phi) is 4.92. The van der Waals surface area contributed by atoms with Gasteiger partial charge in [-0.25, -0.2) is 5.43 Å². The highest BCUT2D eigenvalue weighted by atomic mass is 16.2. The second-order valence-corrected chi connectivity index (χ2v) is 4.66. The fourth-order valence-electron chi connectivity index (χ4n) is 2.20. The Morgan fingerprint density at radius 2 is 1.89 bits per heavy atom. The molecule has 0 unspecified atom stereocenters. The normalized spacial score (nSPS) is 15.8. The van der Waals surface area contributed by atoms with Crippen LogP contribution in [0.5, 0.6) is 0 Å². The highest BCUT2D eigenvalue weighted by Crippen LogP contribution is 2.09. The molecule has 0 aromatic heterocycles. The van der Waals surface area contributed by atoms with Gasteiger partial charge in [-0.05, 0) is 18.4 Å². The number of nitrogens with one attached hydrogen (secondary N) is 1. The summed E-state index contributed by atoms with van der Waals surface area (Å²) >= 11 is 0. The Morgan fingerprint density at radius 3 is 2.53 bits per heavy atom. The van der Waals surface area contributed by atoms with Gasteiger partial charge < -0.3 is 0 Å². The van der Waals surface area contributed by atoms with Gasteiger partial charge in [0.15, 0.2) is 0 Å². The number of hydrogen-bond donors (Lipinski definition) is 1. The van der Waals surface area contributed by atoms with E-state index in [2.05, 4.69) is 5.43 Å². The van der Waals surface area contributed by atoms with Crippen molar-refractivity contribution in [3.8, 4) is 0 Å². The topological polar surface area (TPSA) is 52.7 Å². The van der Waals surface area contributed by atoms with Crippen molar-refractivity contribution in [2.75, 3.05) is 13.1 Å². The lowest BCUT2D eigenvalue weighted by molar-refractivity contribution is -0.154. The van der Waals surface area contributed by atoms with Crippen LogP contribution < -0.4 is 5.43 Å². The van der Waals surface area contributed by atoms with Crippen LogP contribution in [-0.4, -0.2) is 35.5 Å². The Balaban J connectivity index is 1.87. The molecular weight excluding hydrogens is 242 g/mol. The van der Waals surface area contributed by atoms with Gasteiger partial charge in [-0.3, -0.25) is 9.59 Å². The first-order valence-electron chi connectivity index (χ1n) is 6.62. The lowest BCUT2D eigenvalue weighted by Gasteiger charge is -2.34. The van der Waals surface area contributed by atoms with Gasteiger partial charge in [0.05, 0.1) is 6.42 Å². The van der Waals surface area contributed by atoms with E-state index < -0.39 is 0 Å². The second-order valence-electron chi connectivity index (χ2n) is 4.66. The van der Waals surface area contributed by atoms with Crippen LogP contribution in [0.25, 0.3) is 0 Å². The van der Waals surface area contributed by atoms with Crippen molar-refractivity contribution in [3.63, 3.8) is 0 Å². The molecule has 1 aromatic carbocycles. The maximum atomic E-state index is 11.9. The van der Waals surface area contributed by atoms with E-state index in [0.29, 0.717) is 6.41 Å². The predicted octanol–water partition coefficient (Wildman–Crippen LogP) is 1.12. The molecule has 0 atom stereocenters. The molecule has 0 saturated carbocycles. The van der Waals surface area contributed by atoms with Crippen LogP contribution in [0.15, 0.2) is 30.3 Å². The highest BCUT2D eigenvalue weighted by Gasteiger charge is 2.18.